The molecule has 1 aromatic rings. The van der Waals surface area contributed by atoms with Crippen molar-refractivity contribution in [1.82, 2.24) is 4.90 Å². The second-order valence-corrected chi connectivity index (χ2v) is 7.60. The molecule has 108 valence electrons. The standard InChI is InChI=1S/C18H25NO/c1-12-5-6-14-11-19(17(20)13-7-8-13)16(18(2,3)4)10-15(14)9-12/h5-6,9,13,16H,7-8,10-11H2,1-4H3. The SMILES string of the molecule is Cc1ccc2c(c1)CC(C(C)(C)C)N(C(=O)C1CC1)C2. The molecule has 0 spiro atoms. The molecule has 3 rings (SSSR count). The molecule has 1 heterocycles. The fraction of sp³-hybridized carbons (Fsp3) is 0.611. The van der Waals surface area contributed by atoms with Crippen molar-refractivity contribution in [3.8, 4) is 0 Å². The van der Waals surface area contributed by atoms with Gasteiger partial charge >= 0.3 is 0 Å². The molecule has 0 N–H and O–H groups in total. The van der Waals surface area contributed by atoms with Gasteiger partial charge in [-0.1, -0.05) is 44.5 Å². The Morgan fingerprint density at radius 3 is 2.50 bits per heavy atom. The van der Waals surface area contributed by atoms with Crippen LogP contribution >= 0.6 is 0 Å². The summed E-state index contributed by atoms with van der Waals surface area (Å²) < 4.78 is 0. The van der Waals surface area contributed by atoms with E-state index in [1.807, 2.05) is 0 Å². The number of hydrogen-bond acceptors (Lipinski definition) is 1. The molecule has 20 heavy (non-hydrogen) atoms. The van der Waals surface area contributed by atoms with Gasteiger partial charge in [0.1, 0.15) is 0 Å². The van der Waals surface area contributed by atoms with E-state index in [-0.39, 0.29) is 5.41 Å². The fourth-order valence-corrected chi connectivity index (χ4v) is 3.28. The molecule has 1 aliphatic carbocycles. The molecule has 2 nitrogen and oxygen atoms in total. The van der Waals surface area contributed by atoms with Crippen LogP contribution < -0.4 is 0 Å². The van der Waals surface area contributed by atoms with Crippen LogP contribution in [0.1, 0.15) is 50.3 Å². The van der Waals surface area contributed by atoms with Crippen LogP contribution in [0.15, 0.2) is 18.2 Å². The molecule has 2 heteroatoms. The summed E-state index contributed by atoms with van der Waals surface area (Å²) in [7, 11) is 0. The van der Waals surface area contributed by atoms with Crippen LogP contribution in [0.2, 0.25) is 0 Å². The maximum absolute atomic E-state index is 12.6. The lowest BCUT2D eigenvalue weighted by molar-refractivity contribution is -0.138. The maximum Gasteiger partial charge on any atom is 0.226 e. The maximum atomic E-state index is 12.6. The van der Waals surface area contributed by atoms with Gasteiger partial charge in [0, 0.05) is 18.5 Å². The Morgan fingerprint density at radius 2 is 1.90 bits per heavy atom. The van der Waals surface area contributed by atoms with Crippen molar-refractivity contribution < 1.29 is 4.79 Å². The number of hydrogen-bond donors (Lipinski definition) is 0. The van der Waals surface area contributed by atoms with E-state index in [1.54, 1.807) is 0 Å². The van der Waals surface area contributed by atoms with Crippen molar-refractivity contribution in [1.29, 1.82) is 0 Å². The summed E-state index contributed by atoms with van der Waals surface area (Å²) in [6, 6.07) is 6.99. The molecular weight excluding hydrogens is 246 g/mol. The molecule has 0 radical (unpaired) electrons. The van der Waals surface area contributed by atoms with E-state index in [2.05, 4.69) is 50.8 Å². The highest BCUT2D eigenvalue weighted by molar-refractivity contribution is 5.81. The number of rotatable bonds is 1. The van der Waals surface area contributed by atoms with Gasteiger partial charge in [-0.15, -0.1) is 0 Å². The van der Waals surface area contributed by atoms with Crippen molar-refractivity contribution in [3.05, 3.63) is 34.9 Å². The Bertz CT molecular complexity index is 537. The van der Waals surface area contributed by atoms with Gasteiger partial charge in [0.05, 0.1) is 0 Å². The van der Waals surface area contributed by atoms with Gasteiger partial charge in [-0.05, 0) is 42.7 Å². The quantitative estimate of drug-likeness (QED) is 0.762. The first-order chi connectivity index (χ1) is 9.36. The molecule has 1 amide bonds. The zero-order chi connectivity index (χ0) is 14.5. The van der Waals surface area contributed by atoms with Gasteiger partial charge < -0.3 is 4.90 Å². The molecule has 1 fully saturated rings. The highest BCUT2D eigenvalue weighted by Crippen LogP contribution is 2.39. The number of nitrogens with zero attached hydrogens (tertiary/aromatic N) is 1. The number of benzene rings is 1. The van der Waals surface area contributed by atoms with Crippen molar-refractivity contribution >= 4 is 5.91 Å². The van der Waals surface area contributed by atoms with Crippen LogP contribution in [0, 0.1) is 18.3 Å². The summed E-state index contributed by atoms with van der Waals surface area (Å²) in [6.07, 6.45) is 3.18. The van der Waals surface area contributed by atoms with E-state index in [9.17, 15) is 4.79 Å². The topological polar surface area (TPSA) is 20.3 Å². The number of aryl methyl sites for hydroxylation is 1. The monoisotopic (exact) mass is 271 g/mol. The van der Waals surface area contributed by atoms with E-state index in [0.29, 0.717) is 17.9 Å². The number of carbonyl (C=O) groups is 1. The van der Waals surface area contributed by atoms with Gasteiger partial charge in [-0.3, -0.25) is 4.79 Å². The lowest BCUT2D eigenvalue weighted by Crippen LogP contribution is -2.51. The summed E-state index contributed by atoms with van der Waals surface area (Å²) in [5, 5.41) is 0. The Hall–Kier alpha value is -1.31. The van der Waals surface area contributed by atoms with E-state index in [4.69, 9.17) is 0 Å². The number of fused-ring (bicyclic) bond motifs is 1. The van der Waals surface area contributed by atoms with Crippen LogP contribution in [0.5, 0.6) is 0 Å². The van der Waals surface area contributed by atoms with E-state index in [0.717, 1.165) is 25.8 Å². The minimum Gasteiger partial charge on any atom is -0.334 e. The second kappa shape index (κ2) is 4.61. The third-order valence-corrected chi connectivity index (χ3v) is 4.70. The average molecular weight is 271 g/mol. The molecule has 1 aromatic carbocycles. The van der Waals surface area contributed by atoms with Gasteiger partial charge in [-0.2, -0.15) is 0 Å². The first-order valence-corrected chi connectivity index (χ1v) is 7.75. The molecular formula is C18H25NO. The summed E-state index contributed by atoms with van der Waals surface area (Å²) in [4.78, 5) is 14.8. The van der Waals surface area contributed by atoms with Crippen molar-refractivity contribution in [2.75, 3.05) is 0 Å². The molecule has 1 atom stereocenters. The van der Waals surface area contributed by atoms with Crippen molar-refractivity contribution in [3.63, 3.8) is 0 Å². The lowest BCUT2D eigenvalue weighted by Gasteiger charge is -2.44. The first-order valence-electron chi connectivity index (χ1n) is 7.75. The zero-order valence-corrected chi connectivity index (χ0v) is 13.1. The molecule has 0 aromatic heterocycles. The minimum atomic E-state index is 0.131. The van der Waals surface area contributed by atoms with Gasteiger partial charge in [0.15, 0.2) is 0 Å². The van der Waals surface area contributed by atoms with E-state index in [1.165, 1.54) is 16.7 Å². The Labute approximate surface area is 122 Å². The van der Waals surface area contributed by atoms with Crippen LogP contribution in [0.25, 0.3) is 0 Å². The lowest BCUT2D eigenvalue weighted by atomic mass is 9.78. The molecule has 0 saturated heterocycles. The molecule has 1 aliphatic heterocycles. The fourth-order valence-electron chi connectivity index (χ4n) is 3.28. The smallest absolute Gasteiger partial charge is 0.226 e. The number of carbonyl (C=O) groups excluding carboxylic acids is 1. The second-order valence-electron chi connectivity index (χ2n) is 7.60. The normalized spacial score (nSPS) is 22.6. The van der Waals surface area contributed by atoms with E-state index < -0.39 is 0 Å². The average Bonchev–Trinajstić information content (AvgIpc) is 3.19. The summed E-state index contributed by atoms with van der Waals surface area (Å²) in [6.45, 7) is 9.71. The largest absolute Gasteiger partial charge is 0.334 e. The molecule has 0 bridgehead atoms. The van der Waals surface area contributed by atoms with Crippen LogP contribution in [0.3, 0.4) is 0 Å². The minimum absolute atomic E-state index is 0.131. The highest BCUT2D eigenvalue weighted by atomic mass is 16.2. The molecule has 2 aliphatic rings. The third-order valence-electron chi connectivity index (χ3n) is 4.70. The highest BCUT2D eigenvalue weighted by Gasteiger charge is 2.42. The zero-order valence-electron chi connectivity index (χ0n) is 13.1. The third kappa shape index (κ3) is 2.48. The van der Waals surface area contributed by atoms with Crippen LogP contribution in [0.4, 0.5) is 0 Å². The number of amides is 1. The predicted molar refractivity (Wildman–Crippen MR) is 81.4 cm³/mol. The van der Waals surface area contributed by atoms with E-state index >= 15 is 0 Å². The summed E-state index contributed by atoms with van der Waals surface area (Å²) >= 11 is 0. The Kier molecular flexibility index (Phi) is 3.15. The Balaban J connectivity index is 1.95. The first kappa shape index (κ1) is 13.7. The van der Waals surface area contributed by atoms with Gasteiger partial charge in [0.2, 0.25) is 5.91 Å². The van der Waals surface area contributed by atoms with Gasteiger partial charge in [-0.25, -0.2) is 0 Å². The van der Waals surface area contributed by atoms with Crippen LogP contribution in [-0.2, 0) is 17.8 Å². The summed E-state index contributed by atoms with van der Waals surface area (Å²) in [5.41, 5.74) is 4.22. The van der Waals surface area contributed by atoms with Crippen LogP contribution in [-0.4, -0.2) is 16.8 Å². The predicted octanol–water partition coefficient (Wildman–Crippen LogP) is 3.70. The van der Waals surface area contributed by atoms with Crippen molar-refractivity contribution in [2.24, 2.45) is 11.3 Å². The summed E-state index contributed by atoms with van der Waals surface area (Å²) in [5.74, 6) is 0.697. The van der Waals surface area contributed by atoms with Gasteiger partial charge in [0.25, 0.3) is 0 Å². The molecule has 1 saturated carbocycles. The molecule has 1 unspecified atom stereocenters. The van der Waals surface area contributed by atoms with Crippen molar-refractivity contribution in [2.45, 2.75) is 59.5 Å². The Morgan fingerprint density at radius 1 is 1.20 bits per heavy atom.